The molecular weight excluding hydrogens is 389 g/mol. The smallest absolute Gasteiger partial charge is 0.355 e. The largest absolute Gasteiger partial charge is 0.476 e. The van der Waals surface area contributed by atoms with Crippen LogP contribution in [0.2, 0.25) is 0 Å². The van der Waals surface area contributed by atoms with E-state index in [-0.39, 0.29) is 23.5 Å². The molecule has 2 heterocycles. The third-order valence-electron chi connectivity index (χ3n) is 4.31. The van der Waals surface area contributed by atoms with E-state index >= 15 is 0 Å². The number of carboxylic acids is 1. The minimum absolute atomic E-state index is 0.0548. The number of likely N-dealkylation sites (tertiary alicyclic amines) is 1. The number of carboxylic acid groups (broad SMARTS) is 1. The van der Waals surface area contributed by atoms with Gasteiger partial charge in [0, 0.05) is 43.2 Å². The van der Waals surface area contributed by atoms with E-state index in [2.05, 4.69) is 10.3 Å². The number of carbonyl (C=O) groups is 2. The maximum absolute atomic E-state index is 13.2. The van der Waals surface area contributed by atoms with Crippen molar-refractivity contribution in [3.63, 3.8) is 0 Å². The van der Waals surface area contributed by atoms with E-state index in [1.165, 1.54) is 40.6 Å². The van der Waals surface area contributed by atoms with Crippen LogP contribution in [0.25, 0.3) is 0 Å². The number of nitrogens with zero attached hydrogens (tertiary/aromatic N) is 2. The van der Waals surface area contributed by atoms with E-state index < -0.39 is 5.97 Å². The van der Waals surface area contributed by atoms with Crippen molar-refractivity contribution in [2.24, 2.45) is 0 Å². The van der Waals surface area contributed by atoms with E-state index in [9.17, 15) is 14.0 Å². The Morgan fingerprint density at radius 3 is 3.07 bits per heavy atom. The summed E-state index contributed by atoms with van der Waals surface area (Å²) in [5.41, 5.74) is 0.929. The van der Waals surface area contributed by atoms with Crippen molar-refractivity contribution in [3.8, 4) is 0 Å². The number of thioether (sulfide) groups is 1. The molecule has 0 saturated carbocycles. The van der Waals surface area contributed by atoms with Crippen LogP contribution >= 0.6 is 23.1 Å². The van der Waals surface area contributed by atoms with E-state index in [1.54, 1.807) is 6.07 Å². The third kappa shape index (κ3) is 5.50. The molecule has 1 saturated heterocycles. The minimum atomic E-state index is -1.03. The zero-order valence-corrected chi connectivity index (χ0v) is 16.2. The quantitative estimate of drug-likeness (QED) is 0.620. The van der Waals surface area contributed by atoms with E-state index in [1.807, 2.05) is 11.0 Å². The molecule has 2 aromatic rings. The number of thiazole rings is 1. The molecule has 2 N–H and O–H groups in total. The number of hydrogen-bond acceptors (Lipinski definition) is 6. The fourth-order valence-corrected chi connectivity index (χ4v) is 4.80. The molecule has 1 aromatic heterocycles. The molecule has 0 bridgehead atoms. The topological polar surface area (TPSA) is 82.5 Å². The van der Waals surface area contributed by atoms with Crippen molar-refractivity contribution in [3.05, 3.63) is 46.7 Å². The Morgan fingerprint density at radius 1 is 1.48 bits per heavy atom. The first-order valence-electron chi connectivity index (χ1n) is 8.59. The van der Waals surface area contributed by atoms with Gasteiger partial charge in [0.15, 0.2) is 10.0 Å². The van der Waals surface area contributed by atoms with Gasteiger partial charge in [-0.1, -0.05) is 23.9 Å². The van der Waals surface area contributed by atoms with Gasteiger partial charge in [0.05, 0.1) is 0 Å². The maximum Gasteiger partial charge on any atom is 0.355 e. The summed E-state index contributed by atoms with van der Waals surface area (Å²) in [5, 5.41) is 13.7. The standard InChI is InChI=1S/C18H20FN3O3S2/c19-13-3-1-2-12(8-13)9-20-10-14-4-5-16(23)22(14)6-7-26-18-21-15(11-27-18)17(24)25/h1-3,8,11,14,20H,4-7,9-10H2,(H,24,25)/t14-/m1/s1. The van der Waals surface area contributed by atoms with Gasteiger partial charge in [0.2, 0.25) is 5.91 Å². The second kappa shape index (κ2) is 9.29. The average Bonchev–Trinajstić information content (AvgIpc) is 3.24. The average molecular weight is 410 g/mol. The summed E-state index contributed by atoms with van der Waals surface area (Å²) in [7, 11) is 0. The molecule has 1 amide bonds. The lowest BCUT2D eigenvalue weighted by Crippen LogP contribution is -2.41. The summed E-state index contributed by atoms with van der Waals surface area (Å²) in [4.78, 5) is 28.9. The van der Waals surface area contributed by atoms with Crippen molar-refractivity contribution < 1.29 is 19.1 Å². The number of aromatic carboxylic acids is 1. The van der Waals surface area contributed by atoms with Crippen molar-refractivity contribution in [2.75, 3.05) is 18.8 Å². The molecule has 6 nitrogen and oxygen atoms in total. The van der Waals surface area contributed by atoms with Crippen LogP contribution < -0.4 is 5.32 Å². The molecule has 0 radical (unpaired) electrons. The fraction of sp³-hybridized carbons (Fsp3) is 0.389. The van der Waals surface area contributed by atoms with Crippen molar-refractivity contribution in [2.45, 2.75) is 29.8 Å². The first kappa shape index (κ1) is 19.8. The van der Waals surface area contributed by atoms with E-state index in [0.29, 0.717) is 36.1 Å². The molecule has 0 aliphatic carbocycles. The number of halogens is 1. The molecule has 9 heteroatoms. The number of amides is 1. The number of benzene rings is 1. The lowest BCUT2D eigenvalue weighted by molar-refractivity contribution is -0.128. The van der Waals surface area contributed by atoms with E-state index in [0.717, 1.165) is 12.0 Å². The monoisotopic (exact) mass is 409 g/mol. The van der Waals surface area contributed by atoms with Crippen molar-refractivity contribution >= 4 is 35.0 Å². The van der Waals surface area contributed by atoms with Gasteiger partial charge in [-0.2, -0.15) is 0 Å². The molecule has 1 atom stereocenters. The van der Waals surface area contributed by atoms with Gasteiger partial charge in [-0.25, -0.2) is 14.2 Å². The first-order chi connectivity index (χ1) is 13.0. The molecule has 1 aromatic carbocycles. The van der Waals surface area contributed by atoms with Gasteiger partial charge in [-0.15, -0.1) is 11.3 Å². The Morgan fingerprint density at radius 2 is 2.33 bits per heavy atom. The normalized spacial score (nSPS) is 16.9. The summed E-state index contributed by atoms with van der Waals surface area (Å²) < 4.78 is 13.9. The number of hydrogen-bond donors (Lipinski definition) is 2. The Balaban J connectivity index is 1.45. The van der Waals surface area contributed by atoms with Crippen molar-refractivity contribution in [1.82, 2.24) is 15.2 Å². The number of rotatable bonds is 9. The highest BCUT2D eigenvalue weighted by atomic mass is 32.2. The van der Waals surface area contributed by atoms with Gasteiger partial charge in [0.1, 0.15) is 5.82 Å². The number of nitrogens with one attached hydrogen (secondary N) is 1. The Bertz CT molecular complexity index is 815. The van der Waals surface area contributed by atoms with Gasteiger partial charge in [-0.05, 0) is 24.1 Å². The summed E-state index contributed by atoms with van der Waals surface area (Å²) in [6.45, 7) is 1.81. The first-order valence-corrected chi connectivity index (χ1v) is 10.5. The number of aromatic nitrogens is 1. The summed E-state index contributed by atoms with van der Waals surface area (Å²) in [5.74, 6) is -0.480. The lowest BCUT2D eigenvalue weighted by atomic mass is 10.2. The second-order valence-corrected chi connectivity index (χ2v) is 8.39. The Kier molecular flexibility index (Phi) is 6.81. The highest BCUT2D eigenvalue weighted by Crippen LogP contribution is 2.24. The van der Waals surface area contributed by atoms with Gasteiger partial charge in [0.25, 0.3) is 0 Å². The molecule has 0 spiro atoms. The van der Waals surface area contributed by atoms with Crippen molar-refractivity contribution in [1.29, 1.82) is 0 Å². The van der Waals surface area contributed by atoms with Crippen LogP contribution in [0.1, 0.15) is 28.9 Å². The molecule has 3 rings (SSSR count). The Labute approximate surface area is 164 Å². The van der Waals surface area contributed by atoms with Crippen LogP contribution in [0.4, 0.5) is 4.39 Å². The van der Waals surface area contributed by atoms with E-state index in [4.69, 9.17) is 5.11 Å². The van der Waals surface area contributed by atoms with Crippen LogP contribution in [0.5, 0.6) is 0 Å². The highest BCUT2D eigenvalue weighted by molar-refractivity contribution is 8.01. The van der Waals surface area contributed by atoms with Crippen LogP contribution in [0.15, 0.2) is 34.0 Å². The van der Waals surface area contributed by atoms with Crippen LogP contribution in [-0.2, 0) is 11.3 Å². The van der Waals surface area contributed by atoms with Gasteiger partial charge < -0.3 is 15.3 Å². The lowest BCUT2D eigenvalue weighted by Gasteiger charge is -2.25. The molecule has 27 heavy (non-hydrogen) atoms. The predicted molar refractivity (Wildman–Crippen MR) is 103 cm³/mol. The zero-order valence-electron chi connectivity index (χ0n) is 14.6. The Hall–Kier alpha value is -1.97. The highest BCUT2D eigenvalue weighted by Gasteiger charge is 2.30. The molecule has 144 valence electrons. The molecular formula is C18H20FN3O3S2. The maximum atomic E-state index is 13.2. The zero-order chi connectivity index (χ0) is 19.2. The number of carbonyl (C=O) groups excluding carboxylic acids is 1. The van der Waals surface area contributed by atoms with Crippen LogP contribution in [0, 0.1) is 5.82 Å². The SMILES string of the molecule is O=C(O)c1csc(SCCN2C(=O)CC[C@@H]2CNCc2cccc(F)c2)n1. The summed E-state index contributed by atoms with van der Waals surface area (Å²) in [6.07, 6.45) is 1.34. The second-order valence-electron chi connectivity index (χ2n) is 6.19. The molecule has 1 aliphatic heterocycles. The molecule has 1 aliphatic rings. The minimum Gasteiger partial charge on any atom is -0.476 e. The molecule has 1 fully saturated rings. The van der Waals surface area contributed by atoms with Crippen LogP contribution in [-0.4, -0.2) is 51.8 Å². The van der Waals surface area contributed by atoms with Gasteiger partial charge in [-0.3, -0.25) is 4.79 Å². The fourth-order valence-electron chi connectivity index (χ4n) is 3.00. The molecule has 0 unspecified atom stereocenters. The van der Waals surface area contributed by atoms with Gasteiger partial charge >= 0.3 is 5.97 Å². The summed E-state index contributed by atoms with van der Waals surface area (Å²) >= 11 is 2.76. The predicted octanol–water partition coefficient (Wildman–Crippen LogP) is 2.85. The summed E-state index contributed by atoms with van der Waals surface area (Å²) in [6, 6.07) is 6.59. The third-order valence-corrected chi connectivity index (χ3v) is 6.31. The van der Waals surface area contributed by atoms with Crippen LogP contribution in [0.3, 0.4) is 0 Å².